The lowest BCUT2D eigenvalue weighted by Crippen LogP contribution is -2.28. The summed E-state index contributed by atoms with van der Waals surface area (Å²) in [5, 5.41) is 3.00. The normalized spacial score (nSPS) is 16.2. The van der Waals surface area contributed by atoms with Gasteiger partial charge in [0.2, 0.25) is 0 Å². The molecule has 0 radical (unpaired) electrons. The number of benzene rings is 1. The Morgan fingerprint density at radius 1 is 1.32 bits per heavy atom. The molecule has 1 aromatic heterocycles. The third kappa shape index (κ3) is 2.88. The average Bonchev–Trinajstić information content (AvgIpc) is 2.59. The fourth-order valence-corrected chi connectivity index (χ4v) is 3.15. The van der Waals surface area contributed by atoms with Gasteiger partial charge in [-0.25, -0.2) is 9.59 Å². The minimum Gasteiger partial charge on any atom is -0.466 e. The molecule has 2 heterocycles. The number of ether oxygens (including phenoxy) is 1. The van der Waals surface area contributed by atoms with E-state index in [4.69, 9.17) is 10.5 Å². The van der Waals surface area contributed by atoms with Crippen LogP contribution < -0.4 is 16.7 Å². The number of H-pyrrole nitrogens is 1. The minimum absolute atomic E-state index is 0.181. The van der Waals surface area contributed by atoms with Crippen LogP contribution in [0.25, 0.3) is 0 Å². The van der Waals surface area contributed by atoms with Crippen LogP contribution in [0.2, 0.25) is 0 Å². The summed E-state index contributed by atoms with van der Waals surface area (Å²) in [4.78, 5) is 30.6. The Labute approximate surface area is 144 Å². The molecule has 0 amide bonds. The number of hydrogen-bond donors (Lipinski definition) is 3. The summed E-state index contributed by atoms with van der Waals surface area (Å²) in [5.41, 5.74) is 9.18. The number of carbonyl (C=O) groups is 1. The van der Waals surface area contributed by atoms with E-state index in [-0.39, 0.29) is 5.82 Å². The van der Waals surface area contributed by atoms with Crippen molar-refractivity contribution in [2.75, 3.05) is 18.2 Å². The lowest BCUT2D eigenvalue weighted by Gasteiger charge is -2.29. The van der Waals surface area contributed by atoms with E-state index in [9.17, 15) is 9.59 Å². The second kappa shape index (κ2) is 6.43. The van der Waals surface area contributed by atoms with E-state index >= 15 is 0 Å². The number of nitrogens with two attached hydrogens (primary N) is 1. The van der Waals surface area contributed by atoms with Crippen LogP contribution in [0.3, 0.4) is 0 Å². The Morgan fingerprint density at radius 3 is 2.60 bits per heavy atom. The second-order valence-electron chi connectivity index (χ2n) is 5.90. The number of aromatic amines is 1. The van der Waals surface area contributed by atoms with Crippen LogP contribution in [-0.4, -0.2) is 23.0 Å². The molecular formula is C18H20N4O3. The fourth-order valence-electron chi connectivity index (χ4n) is 3.15. The number of fused-ring (bicyclic) bond motifs is 1. The molecule has 2 aromatic rings. The standard InChI is InChI=1S/C18H20N4O3/c1-4-10-5-7-11(8-6-10)13-12(17(23)25-3)9(2)20-16-14(13)15(19)21-18(24)22-16/h5-8,13H,4H2,1-3H3,(H4,19,20,21,22,24). The van der Waals surface area contributed by atoms with Crippen LogP contribution in [0.1, 0.15) is 36.5 Å². The number of hydrogen-bond acceptors (Lipinski definition) is 6. The zero-order valence-corrected chi connectivity index (χ0v) is 14.3. The molecule has 3 rings (SSSR count). The van der Waals surface area contributed by atoms with Gasteiger partial charge in [-0.2, -0.15) is 4.98 Å². The third-order valence-corrected chi connectivity index (χ3v) is 4.41. The monoisotopic (exact) mass is 340 g/mol. The number of carbonyl (C=O) groups excluding carboxylic acids is 1. The van der Waals surface area contributed by atoms with Gasteiger partial charge < -0.3 is 15.8 Å². The zero-order valence-electron chi connectivity index (χ0n) is 14.3. The smallest absolute Gasteiger partial charge is 0.348 e. The number of rotatable bonds is 3. The molecule has 7 heteroatoms. The van der Waals surface area contributed by atoms with Gasteiger partial charge in [-0.1, -0.05) is 31.2 Å². The van der Waals surface area contributed by atoms with E-state index in [1.165, 1.54) is 12.7 Å². The van der Waals surface area contributed by atoms with Crippen molar-refractivity contribution in [3.8, 4) is 0 Å². The maximum Gasteiger partial charge on any atom is 0.348 e. The fraction of sp³-hybridized carbons (Fsp3) is 0.278. The number of allylic oxidation sites excluding steroid dienone is 1. The van der Waals surface area contributed by atoms with Crippen molar-refractivity contribution in [1.29, 1.82) is 0 Å². The topological polar surface area (TPSA) is 110 Å². The highest BCUT2D eigenvalue weighted by Crippen LogP contribution is 2.42. The number of nitrogen functional groups attached to an aromatic ring is 1. The van der Waals surface area contributed by atoms with E-state index in [0.29, 0.717) is 22.7 Å². The summed E-state index contributed by atoms with van der Waals surface area (Å²) in [7, 11) is 1.34. The average molecular weight is 340 g/mol. The van der Waals surface area contributed by atoms with Crippen LogP contribution in [0.4, 0.5) is 11.6 Å². The van der Waals surface area contributed by atoms with Crippen LogP contribution in [0.15, 0.2) is 40.3 Å². The molecule has 0 spiro atoms. The molecule has 25 heavy (non-hydrogen) atoms. The molecule has 1 aromatic carbocycles. The zero-order chi connectivity index (χ0) is 18.1. The molecule has 0 fully saturated rings. The van der Waals surface area contributed by atoms with E-state index in [1.807, 2.05) is 24.3 Å². The predicted molar refractivity (Wildman–Crippen MR) is 95.3 cm³/mol. The number of aryl methyl sites for hydroxylation is 1. The van der Waals surface area contributed by atoms with E-state index in [2.05, 4.69) is 22.2 Å². The van der Waals surface area contributed by atoms with Gasteiger partial charge in [-0.15, -0.1) is 0 Å². The number of aromatic nitrogens is 2. The Bertz CT molecular complexity index is 913. The first kappa shape index (κ1) is 16.8. The number of anilines is 2. The Hall–Kier alpha value is -3.09. The summed E-state index contributed by atoms with van der Waals surface area (Å²) < 4.78 is 4.97. The van der Waals surface area contributed by atoms with Gasteiger partial charge in [0, 0.05) is 11.3 Å². The number of esters is 1. The molecule has 4 N–H and O–H groups in total. The number of nitrogens with zero attached hydrogens (tertiary/aromatic N) is 1. The van der Waals surface area contributed by atoms with Crippen molar-refractivity contribution < 1.29 is 9.53 Å². The lowest BCUT2D eigenvalue weighted by atomic mass is 9.81. The van der Waals surface area contributed by atoms with Crippen molar-refractivity contribution in [3.63, 3.8) is 0 Å². The molecule has 1 unspecified atom stereocenters. The van der Waals surface area contributed by atoms with Crippen molar-refractivity contribution in [1.82, 2.24) is 9.97 Å². The van der Waals surface area contributed by atoms with Gasteiger partial charge in [0.15, 0.2) is 0 Å². The molecule has 1 aliphatic heterocycles. The highest BCUT2D eigenvalue weighted by Gasteiger charge is 2.35. The predicted octanol–water partition coefficient (Wildman–Crippen LogP) is 1.92. The van der Waals surface area contributed by atoms with Gasteiger partial charge in [-0.05, 0) is 24.5 Å². The molecule has 1 atom stereocenters. The molecule has 130 valence electrons. The first-order valence-corrected chi connectivity index (χ1v) is 8.00. The quantitative estimate of drug-likeness (QED) is 0.736. The van der Waals surface area contributed by atoms with Crippen molar-refractivity contribution in [2.45, 2.75) is 26.2 Å². The van der Waals surface area contributed by atoms with Gasteiger partial charge in [-0.3, -0.25) is 4.98 Å². The first-order valence-electron chi connectivity index (χ1n) is 8.00. The molecule has 7 nitrogen and oxygen atoms in total. The molecular weight excluding hydrogens is 320 g/mol. The molecule has 0 bridgehead atoms. The van der Waals surface area contributed by atoms with Gasteiger partial charge in [0.25, 0.3) is 0 Å². The van der Waals surface area contributed by atoms with Gasteiger partial charge >= 0.3 is 11.7 Å². The molecule has 1 aliphatic rings. The van der Waals surface area contributed by atoms with Crippen molar-refractivity contribution in [2.24, 2.45) is 0 Å². The summed E-state index contributed by atoms with van der Waals surface area (Å²) in [6.07, 6.45) is 0.916. The van der Waals surface area contributed by atoms with E-state index < -0.39 is 17.6 Å². The van der Waals surface area contributed by atoms with E-state index in [1.54, 1.807) is 6.92 Å². The number of nitrogens with one attached hydrogen (secondary N) is 2. The maximum absolute atomic E-state index is 12.4. The summed E-state index contributed by atoms with van der Waals surface area (Å²) in [5.74, 6) is -0.387. The molecule has 0 saturated heterocycles. The van der Waals surface area contributed by atoms with Gasteiger partial charge in [0.1, 0.15) is 11.6 Å². The summed E-state index contributed by atoms with van der Waals surface area (Å²) in [6.45, 7) is 3.83. The van der Waals surface area contributed by atoms with Crippen molar-refractivity contribution in [3.05, 3.63) is 62.7 Å². The van der Waals surface area contributed by atoms with Crippen LogP contribution in [0.5, 0.6) is 0 Å². The molecule has 0 saturated carbocycles. The largest absolute Gasteiger partial charge is 0.466 e. The van der Waals surface area contributed by atoms with Crippen LogP contribution in [-0.2, 0) is 16.0 Å². The highest BCUT2D eigenvalue weighted by molar-refractivity contribution is 5.95. The Kier molecular flexibility index (Phi) is 4.31. The second-order valence-corrected chi connectivity index (χ2v) is 5.90. The first-order chi connectivity index (χ1) is 12.0. The SMILES string of the molecule is CCc1ccc(C2C(C(=O)OC)=C(C)Nc3nc(=O)[nH]c(N)c32)cc1. The molecule has 0 aliphatic carbocycles. The van der Waals surface area contributed by atoms with Crippen LogP contribution >= 0.6 is 0 Å². The van der Waals surface area contributed by atoms with Gasteiger partial charge in [0.05, 0.1) is 18.6 Å². The lowest BCUT2D eigenvalue weighted by molar-refractivity contribution is -0.136. The minimum atomic E-state index is -0.543. The van der Waals surface area contributed by atoms with Crippen molar-refractivity contribution >= 4 is 17.6 Å². The third-order valence-electron chi connectivity index (χ3n) is 4.41. The van der Waals surface area contributed by atoms with E-state index in [0.717, 1.165) is 12.0 Å². The maximum atomic E-state index is 12.4. The summed E-state index contributed by atoms with van der Waals surface area (Å²) in [6, 6.07) is 7.94. The Balaban J connectivity index is 2.26. The highest BCUT2D eigenvalue weighted by atomic mass is 16.5. The van der Waals surface area contributed by atoms with Crippen LogP contribution in [0, 0.1) is 0 Å². The Morgan fingerprint density at radius 2 is 2.00 bits per heavy atom. The summed E-state index contributed by atoms with van der Waals surface area (Å²) >= 11 is 0. The number of methoxy groups -OCH3 is 1.